The first-order valence-electron chi connectivity index (χ1n) is 8.60. The topological polar surface area (TPSA) is 70.7 Å². The first-order chi connectivity index (χ1) is 13.0. The number of aromatic nitrogens is 2. The number of nitriles is 1. The Hall–Kier alpha value is -3.65. The van der Waals surface area contributed by atoms with E-state index in [-0.39, 0.29) is 5.57 Å². The van der Waals surface area contributed by atoms with Gasteiger partial charge in [0.2, 0.25) is 0 Å². The van der Waals surface area contributed by atoms with Crippen LogP contribution in [0.1, 0.15) is 16.7 Å². The highest BCUT2D eigenvalue weighted by atomic mass is 16.1. The molecule has 0 atom stereocenters. The van der Waals surface area contributed by atoms with Crippen molar-refractivity contribution in [3.05, 3.63) is 77.0 Å². The summed E-state index contributed by atoms with van der Waals surface area (Å²) in [5.41, 5.74) is 5.60. The van der Waals surface area contributed by atoms with Crippen molar-refractivity contribution in [2.45, 2.75) is 13.8 Å². The van der Waals surface area contributed by atoms with Gasteiger partial charge in [-0.15, -0.1) is 0 Å². The number of carbonyl (C=O) groups is 1. The second-order valence-electron chi connectivity index (χ2n) is 6.28. The van der Waals surface area contributed by atoms with Gasteiger partial charge in [-0.2, -0.15) is 10.4 Å². The Morgan fingerprint density at radius 1 is 1.19 bits per heavy atom. The fourth-order valence-corrected chi connectivity index (χ4v) is 2.93. The zero-order chi connectivity index (χ0) is 19.4. The SMILES string of the molecule is CNC(=O)/C(C#N)=C/c1cn(-c2ccccc2)nc1-c1ccc(C)cc1C. The van der Waals surface area contributed by atoms with Crippen LogP contribution in [0.25, 0.3) is 23.0 Å². The standard InChI is InChI=1S/C22H20N4O/c1-15-9-10-20(16(2)11-15)21-18(12-17(13-23)22(27)24-3)14-26(25-21)19-7-5-4-6-8-19/h4-12,14H,1-3H3,(H,24,27)/b17-12+. The third-order valence-electron chi connectivity index (χ3n) is 4.29. The van der Waals surface area contributed by atoms with Gasteiger partial charge in [-0.3, -0.25) is 4.79 Å². The van der Waals surface area contributed by atoms with E-state index in [4.69, 9.17) is 5.10 Å². The van der Waals surface area contributed by atoms with E-state index in [1.54, 1.807) is 10.8 Å². The molecule has 27 heavy (non-hydrogen) atoms. The van der Waals surface area contributed by atoms with E-state index in [0.29, 0.717) is 5.56 Å². The van der Waals surface area contributed by atoms with Crippen molar-refractivity contribution >= 4 is 12.0 Å². The highest BCUT2D eigenvalue weighted by Crippen LogP contribution is 2.29. The lowest BCUT2D eigenvalue weighted by molar-refractivity contribution is -0.116. The van der Waals surface area contributed by atoms with Gasteiger partial charge in [-0.05, 0) is 37.6 Å². The molecule has 1 N–H and O–H groups in total. The van der Waals surface area contributed by atoms with Crippen LogP contribution >= 0.6 is 0 Å². The van der Waals surface area contributed by atoms with Crippen molar-refractivity contribution in [1.29, 1.82) is 5.26 Å². The van der Waals surface area contributed by atoms with E-state index in [1.807, 2.05) is 68.6 Å². The minimum atomic E-state index is -0.420. The van der Waals surface area contributed by atoms with Crippen LogP contribution in [-0.4, -0.2) is 22.7 Å². The summed E-state index contributed by atoms with van der Waals surface area (Å²) in [4.78, 5) is 12.0. The molecule has 134 valence electrons. The fourth-order valence-electron chi connectivity index (χ4n) is 2.93. The average Bonchev–Trinajstić information content (AvgIpc) is 3.09. The van der Waals surface area contributed by atoms with Crippen LogP contribution in [0.15, 0.2) is 60.3 Å². The average molecular weight is 356 g/mol. The largest absolute Gasteiger partial charge is 0.354 e. The lowest BCUT2D eigenvalue weighted by atomic mass is 10.00. The molecule has 2 aromatic carbocycles. The van der Waals surface area contributed by atoms with Gasteiger partial charge in [0.1, 0.15) is 17.3 Å². The normalized spacial score (nSPS) is 11.1. The summed E-state index contributed by atoms with van der Waals surface area (Å²) in [6.07, 6.45) is 3.42. The Bertz CT molecular complexity index is 1060. The van der Waals surface area contributed by atoms with Gasteiger partial charge in [0, 0.05) is 24.4 Å². The summed E-state index contributed by atoms with van der Waals surface area (Å²) < 4.78 is 1.76. The van der Waals surface area contributed by atoms with Crippen LogP contribution in [0.5, 0.6) is 0 Å². The van der Waals surface area contributed by atoms with Gasteiger partial charge >= 0.3 is 0 Å². The van der Waals surface area contributed by atoms with E-state index in [9.17, 15) is 10.1 Å². The van der Waals surface area contributed by atoms with Gasteiger partial charge in [-0.1, -0.05) is 42.0 Å². The predicted molar refractivity (Wildman–Crippen MR) is 106 cm³/mol. The number of rotatable bonds is 4. The molecular weight excluding hydrogens is 336 g/mol. The third kappa shape index (κ3) is 3.80. The molecular formula is C22H20N4O. The molecule has 0 unspecified atom stereocenters. The zero-order valence-electron chi connectivity index (χ0n) is 15.5. The molecule has 0 fully saturated rings. The Morgan fingerprint density at radius 2 is 1.93 bits per heavy atom. The van der Waals surface area contributed by atoms with Crippen molar-refractivity contribution in [3.63, 3.8) is 0 Å². The molecule has 0 aliphatic heterocycles. The molecule has 0 spiro atoms. The molecule has 0 bridgehead atoms. The van der Waals surface area contributed by atoms with E-state index < -0.39 is 5.91 Å². The van der Waals surface area contributed by atoms with Gasteiger partial charge in [0.05, 0.1) is 5.69 Å². The van der Waals surface area contributed by atoms with Crippen LogP contribution in [0, 0.1) is 25.2 Å². The monoisotopic (exact) mass is 356 g/mol. The first-order valence-corrected chi connectivity index (χ1v) is 8.60. The van der Waals surface area contributed by atoms with Crippen molar-refractivity contribution < 1.29 is 4.79 Å². The van der Waals surface area contributed by atoms with E-state index in [2.05, 4.69) is 11.4 Å². The summed E-state index contributed by atoms with van der Waals surface area (Å²) >= 11 is 0. The molecule has 0 saturated heterocycles. The fraction of sp³-hybridized carbons (Fsp3) is 0.136. The molecule has 1 amide bonds. The Morgan fingerprint density at radius 3 is 2.56 bits per heavy atom. The van der Waals surface area contributed by atoms with Gasteiger partial charge in [0.25, 0.3) is 5.91 Å². The van der Waals surface area contributed by atoms with Crippen LogP contribution in [0.3, 0.4) is 0 Å². The minimum absolute atomic E-state index is 0.0381. The van der Waals surface area contributed by atoms with Crippen molar-refractivity contribution in [3.8, 4) is 23.0 Å². The van der Waals surface area contributed by atoms with Crippen LogP contribution in [0.4, 0.5) is 0 Å². The van der Waals surface area contributed by atoms with Crippen LogP contribution in [-0.2, 0) is 4.79 Å². The highest BCUT2D eigenvalue weighted by Gasteiger charge is 2.15. The molecule has 5 nitrogen and oxygen atoms in total. The summed E-state index contributed by atoms with van der Waals surface area (Å²) in [6.45, 7) is 4.07. The number of hydrogen-bond donors (Lipinski definition) is 1. The number of hydrogen-bond acceptors (Lipinski definition) is 3. The Balaban J connectivity index is 2.21. The maximum absolute atomic E-state index is 12.0. The molecule has 0 aliphatic rings. The second kappa shape index (κ2) is 7.71. The molecule has 5 heteroatoms. The van der Waals surface area contributed by atoms with Gasteiger partial charge in [-0.25, -0.2) is 4.68 Å². The van der Waals surface area contributed by atoms with Crippen LogP contribution in [0.2, 0.25) is 0 Å². The number of benzene rings is 2. The smallest absolute Gasteiger partial charge is 0.261 e. The summed E-state index contributed by atoms with van der Waals surface area (Å²) in [5, 5.41) is 16.6. The molecule has 3 aromatic rings. The molecule has 1 aromatic heterocycles. The maximum atomic E-state index is 12.0. The first kappa shape index (κ1) is 18.2. The maximum Gasteiger partial charge on any atom is 0.261 e. The third-order valence-corrected chi connectivity index (χ3v) is 4.29. The molecule has 0 aliphatic carbocycles. The Labute approximate surface area is 158 Å². The number of likely N-dealkylation sites (N-methyl/N-ethyl adjacent to an activating group) is 1. The minimum Gasteiger partial charge on any atom is -0.354 e. The number of amides is 1. The van der Waals surface area contributed by atoms with Gasteiger partial charge < -0.3 is 5.32 Å². The van der Waals surface area contributed by atoms with Crippen molar-refractivity contribution in [2.75, 3.05) is 7.05 Å². The lowest BCUT2D eigenvalue weighted by Crippen LogP contribution is -2.19. The van der Waals surface area contributed by atoms with Gasteiger partial charge in [0.15, 0.2) is 0 Å². The molecule has 0 radical (unpaired) electrons. The number of carbonyl (C=O) groups excluding carboxylic acids is 1. The number of para-hydroxylation sites is 1. The molecule has 1 heterocycles. The highest BCUT2D eigenvalue weighted by molar-refractivity contribution is 6.02. The van der Waals surface area contributed by atoms with E-state index in [1.165, 1.54) is 12.6 Å². The van der Waals surface area contributed by atoms with Crippen LogP contribution < -0.4 is 5.32 Å². The number of nitrogens with one attached hydrogen (secondary N) is 1. The van der Waals surface area contributed by atoms with E-state index >= 15 is 0 Å². The number of aryl methyl sites for hydroxylation is 2. The summed E-state index contributed by atoms with van der Waals surface area (Å²) in [6, 6.07) is 17.8. The summed E-state index contributed by atoms with van der Waals surface area (Å²) in [5.74, 6) is -0.420. The summed E-state index contributed by atoms with van der Waals surface area (Å²) in [7, 11) is 1.51. The predicted octanol–water partition coefficient (Wildman–Crippen LogP) is 3.81. The lowest BCUT2D eigenvalue weighted by Gasteiger charge is -2.06. The number of nitrogens with zero attached hydrogens (tertiary/aromatic N) is 3. The Kier molecular flexibility index (Phi) is 5.18. The quantitative estimate of drug-likeness (QED) is 0.571. The zero-order valence-corrected chi connectivity index (χ0v) is 15.5. The van der Waals surface area contributed by atoms with Crippen molar-refractivity contribution in [2.24, 2.45) is 0 Å². The van der Waals surface area contributed by atoms with Crippen molar-refractivity contribution in [1.82, 2.24) is 15.1 Å². The second-order valence-corrected chi connectivity index (χ2v) is 6.28. The molecule has 3 rings (SSSR count). The van der Waals surface area contributed by atoms with E-state index in [0.717, 1.165) is 22.5 Å². The molecule has 0 saturated carbocycles.